The van der Waals surface area contributed by atoms with Crippen LogP contribution in [0.15, 0.2) is 48.0 Å². The molecule has 35 heavy (non-hydrogen) atoms. The van der Waals surface area contributed by atoms with Crippen molar-refractivity contribution >= 4 is 81.7 Å². The van der Waals surface area contributed by atoms with E-state index in [0.717, 1.165) is 5.69 Å². The zero-order valence-corrected chi connectivity index (χ0v) is 21.3. The van der Waals surface area contributed by atoms with Gasteiger partial charge in [-0.25, -0.2) is 4.79 Å². The zero-order valence-electron chi connectivity index (χ0n) is 18.2. The molecule has 3 aromatic rings. The Morgan fingerprint density at radius 3 is 2.26 bits per heavy atom. The van der Waals surface area contributed by atoms with Gasteiger partial charge >= 0.3 is 5.97 Å². The summed E-state index contributed by atoms with van der Waals surface area (Å²) in [5.74, 6) is -2.37. The maximum atomic E-state index is 13.3. The van der Waals surface area contributed by atoms with Crippen LogP contribution in [0.1, 0.15) is 27.3 Å². The van der Waals surface area contributed by atoms with E-state index in [-0.39, 0.29) is 26.3 Å². The summed E-state index contributed by atoms with van der Waals surface area (Å²) in [4.78, 5) is 38.5. The smallest absolute Gasteiger partial charge is 0.337 e. The number of aryl methyl sites for hydroxylation is 1. The number of rotatable bonds is 4. The van der Waals surface area contributed by atoms with E-state index in [1.165, 1.54) is 29.2 Å². The third kappa shape index (κ3) is 4.58. The molecule has 2 heterocycles. The average Bonchev–Trinajstić information content (AvgIpc) is 3.05. The highest BCUT2D eigenvalue weighted by molar-refractivity contribution is 7.80. The molecule has 1 fully saturated rings. The number of halogens is 3. The van der Waals surface area contributed by atoms with E-state index in [1.54, 1.807) is 24.3 Å². The summed E-state index contributed by atoms with van der Waals surface area (Å²) >= 11 is 23.5. The number of hydrogen-bond donors (Lipinski definition) is 2. The monoisotopic (exact) mass is 547 g/mol. The molecule has 11 heteroatoms. The molecule has 0 saturated carbocycles. The first-order valence-electron chi connectivity index (χ1n) is 10.1. The second-order valence-electron chi connectivity index (χ2n) is 7.69. The molecule has 1 saturated heterocycles. The van der Waals surface area contributed by atoms with Gasteiger partial charge in [0.1, 0.15) is 5.57 Å². The van der Waals surface area contributed by atoms with E-state index in [9.17, 15) is 19.5 Å². The molecule has 0 spiro atoms. The minimum absolute atomic E-state index is 0.0111. The molecule has 2 aromatic carbocycles. The van der Waals surface area contributed by atoms with Gasteiger partial charge in [-0.15, -0.1) is 0 Å². The summed E-state index contributed by atoms with van der Waals surface area (Å²) in [7, 11) is 0. The Labute approximate surface area is 220 Å². The third-order valence-electron chi connectivity index (χ3n) is 5.47. The summed E-state index contributed by atoms with van der Waals surface area (Å²) < 4.78 is 1.84. The van der Waals surface area contributed by atoms with Crippen LogP contribution in [0.5, 0.6) is 0 Å². The Morgan fingerprint density at radius 2 is 1.63 bits per heavy atom. The number of aromatic carboxylic acids is 1. The van der Waals surface area contributed by atoms with Crippen LogP contribution in [-0.2, 0) is 9.59 Å². The number of carbonyl (C=O) groups excluding carboxylic acids is 2. The van der Waals surface area contributed by atoms with Gasteiger partial charge in [0.05, 0.1) is 26.3 Å². The Morgan fingerprint density at radius 1 is 0.971 bits per heavy atom. The number of nitrogens with one attached hydrogen (secondary N) is 1. The topological polar surface area (TPSA) is 91.6 Å². The number of hydrogen-bond acceptors (Lipinski definition) is 4. The number of amides is 2. The predicted octanol–water partition coefficient (Wildman–Crippen LogP) is 5.58. The summed E-state index contributed by atoms with van der Waals surface area (Å²) in [6.07, 6.45) is 1.48. The summed E-state index contributed by atoms with van der Waals surface area (Å²) in [6.45, 7) is 3.65. The van der Waals surface area contributed by atoms with Gasteiger partial charge in [0.15, 0.2) is 5.11 Å². The van der Waals surface area contributed by atoms with E-state index in [0.29, 0.717) is 27.7 Å². The fourth-order valence-corrected chi connectivity index (χ4v) is 4.65. The van der Waals surface area contributed by atoms with Gasteiger partial charge in [-0.1, -0.05) is 34.8 Å². The largest absolute Gasteiger partial charge is 0.478 e. The number of benzene rings is 2. The van der Waals surface area contributed by atoms with Gasteiger partial charge in [0.25, 0.3) is 11.8 Å². The lowest BCUT2D eigenvalue weighted by atomic mass is 10.1. The normalized spacial score (nSPS) is 15.1. The molecule has 1 aliphatic rings. The molecule has 0 bridgehead atoms. The Bertz CT molecular complexity index is 1480. The van der Waals surface area contributed by atoms with Crippen LogP contribution >= 0.6 is 47.0 Å². The summed E-state index contributed by atoms with van der Waals surface area (Å²) in [6, 6.07) is 11.0. The highest BCUT2D eigenvalue weighted by atomic mass is 35.5. The van der Waals surface area contributed by atoms with E-state index in [2.05, 4.69) is 5.32 Å². The first-order valence-corrected chi connectivity index (χ1v) is 11.6. The predicted molar refractivity (Wildman–Crippen MR) is 140 cm³/mol. The van der Waals surface area contributed by atoms with E-state index >= 15 is 0 Å². The molecule has 1 aromatic heterocycles. The number of carboxylic acids is 1. The lowest BCUT2D eigenvalue weighted by molar-refractivity contribution is -0.122. The number of carboxylic acid groups (broad SMARTS) is 1. The van der Waals surface area contributed by atoms with Crippen molar-refractivity contribution in [1.29, 1.82) is 0 Å². The van der Waals surface area contributed by atoms with Crippen LogP contribution in [0.25, 0.3) is 11.8 Å². The van der Waals surface area contributed by atoms with Crippen molar-refractivity contribution in [2.45, 2.75) is 13.8 Å². The fraction of sp³-hybridized carbons (Fsp3) is 0.0833. The van der Waals surface area contributed by atoms with Crippen molar-refractivity contribution < 1.29 is 19.5 Å². The maximum absolute atomic E-state index is 13.3. The molecular formula is C24H16Cl3N3O4S. The van der Waals surface area contributed by atoms with Crippen molar-refractivity contribution in [2.75, 3.05) is 4.90 Å². The minimum atomic E-state index is -1.13. The van der Waals surface area contributed by atoms with Crippen LogP contribution in [-0.4, -0.2) is 32.6 Å². The van der Waals surface area contributed by atoms with Gasteiger partial charge < -0.3 is 9.67 Å². The second kappa shape index (κ2) is 9.47. The van der Waals surface area contributed by atoms with Gasteiger partial charge in [0.2, 0.25) is 0 Å². The molecule has 0 aliphatic carbocycles. The molecule has 2 N–H and O–H groups in total. The van der Waals surface area contributed by atoms with Crippen molar-refractivity contribution in [2.24, 2.45) is 0 Å². The van der Waals surface area contributed by atoms with Crippen LogP contribution in [0.2, 0.25) is 15.1 Å². The van der Waals surface area contributed by atoms with Crippen LogP contribution < -0.4 is 10.2 Å². The highest BCUT2D eigenvalue weighted by Crippen LogP contribution is 2.31. The third-order valence-corrected chi connectivity index (χ3v) is 6.81. The summed E-state index contributed by atoms with van der Waals surface area (Å²) in [5.41, 5.74) is 2.98. The van der Waals surface area contributed by atoms with Gasteiger partial charge in [0, 0.05) is 17.1 Å². The number of carbonyl (C=O) groups is 3. The average molecular weight is 549 g/mol. The second-order valence-corrected chi connectivity index (χ2v) is 9.30. The van der Waals surface area contributed by atoms with Crippen LogP contribution in [0.3, 0.4) is 0 Å². The highest BCUT2D eigenvalue weighted by Gasteiger charge is 2.35. The van der Waals surface area contributed by atoms with Gasteiger partial charge in [-0.3, -0.25) is 19.8 Å². The number of thiocarbonyl (C=S) groups is 1. The van der Waals surface area contributed by atoms with Crippen LogP contribution in [0, 0.1) is 13.8 Å². The van der Waals surface area contributed by atoms with Gasteiger partial charge in [-0.2, -0.15) is 0 Å². The molecule has 0 atom stereocenters. The maximum Gasteiger partial charge on any atom is 0.337 e. The molecule has 1 aliphatic heterocycles. The Balaban J connectivity index is 1.76. The number of anilines is 1. The lowest BCUT2D eigenvalue weighted by Crippen LogP contribution is -2.54. The molecule has 2 amide bonds. The molecule has 4 rings (SSSR count). The quantitative estimate of drug-likeness (QED) is 0.252. The lowest BCUT2D eigenvalue weighted by Gasteiger charge is -2.29. The first kappa shape index (κ1) is 24.9. The Hall–Kier alpha value is -3.17. The first-order chi connectivity index (χ1) is 16.5. The minimum Gasteiger partial charge on any atom is -0.478 e. The fourth-order valence-electron chi connectivity index (χ4n) is 3.82. The van der Waals surface area contributed by atoms with Crippen molar-refractivity contribution in [3.05, 3.63) is 85.6 Å². The van der Waals surface area contributed by atoms with Crippen molar-refractivity contribution in [3.63, 3.8) is 0 Å². The Kier molecular flexibility index (Phi) is 6.75. The summed E-state index contributed by atoms with van der Waals surface area (Å²) in [5, 5.41) is 12.3. The van der Waals surface area contributed by atoms with Crippen molar-refractivity contribution in [3.8, 4) is 5.69 Å². The van der Waals surface area contributed by atoms with E-state index in [4.69, 9.17) is 47.0 Å². The van der Waals surface area contributed by atoms with Crippen molar-refractivity contribution in [1.82, 2.24) is 9.88 Å². The number of nitrogens with zero attached hydrogens (tertiary/aromatic N) is 2. The van der Waals surface area contributed by atoms with E-state index in [1.807, 2.05) is 18.4 Å². The van der Waals surface area contributed by atoms with Gasteiger partial charge in [-0.05, 0) is 80.2 Å². The molecule has 178 valence electrons. The molecule has 0 unspecified atom stereocenters. The SMILES string of the molecule is Cc1cc(/C=C2\C(=O)NC(=S)N(c3ccc(Cl)c(Cl)c3)C2=O)c(C)n1-c1ccc(C(=O)O)c(Cl)c1. The standard InChI is InChI=1S/C24H16Cl3N3O4S/c1-11-7-13(12(2)29(11)14-3-5-16(23(33)34)19(26)9-14)8-17-21(31)28-24(35)30(22(17)32)15-4-6-18(25)20(27)10-15/h3-10H,1-2H3,(H,33,34)(H,28,31,35)/b17-8+. The van der Waals surface area contributed by atoms with E-state index < -0.39 is 17.8 Å². The van der Waals surface area contributed by atoms with Crippen LogP contribution in [0.4, 0.5) is 5.69 Å². The molecular weight excluding hydrogens is 533 g/mol. The molecule has 0 radical (unpaired) electrons. The molecule has 7 nitrogen and oxygen atoms in total. The number of aromatic nitrogens is 1. The zero-order chi connectivity index (χ0) is 25.6.